The van der Waals surface area contributed by atoms with Crippen molar-refractivity contribution in [3.63, 3.8) is 0 Å². The van der Waals surface area contributed by atoms with E-state index in [0.29, 0.717) is 0 Å². The van der Waals surface area contributed by atoms with Gasteiger partial charge in [0.25, 0.3) is 0 Å². The van der Waals surface area contributed by atoms with Crippen molar-refractivity contribution in [2.45, 2.75) is 51.1 Å². The van der Waals surface area contributed by atoms with Crippen molar-refractivity contribution in [1.82, 2.24) is 25.0 Å². The fraction of sp³-hybridized carbons (Fsp3) is 0.556. The second-order valence-corrected chi connectivity index (χ2v) is 10.6. The van der Waals surface area contributed by atoms with E-state index in [1.54, 1.807) is 25.6 Å². The lowest BCUT2D eigenvalue weighted by atomic mass is 9.94. The molecular weight excluding hydrogens is 472 g/mol. The number of hydrogen-bond donors (Lipinski definition) is 1. The summed E-state index contributed by atoms with van der Waals surface area (Å²) in [5, 5.41) is 14.6. The Bertz CT molecular complexity index is 1100. The Balaban J connectivity index is 1.13. The third kappa shape index (κ3) is 5.85. The van der Waals surface area contributed by atoms with Gasteiger partial charge in [-0.2, -0.15) is 0 Å². The number of anilines is 1. The smallest absolute Gasteiger partial charge is 0.218 e. The normalized spacial score (nSPS) is 17.4. The summed E-state index contributed by atoms with van der Waals surface area (Å²) in [6, 6.07) is 11.0. The Hall–Kier alpha value is -2.62. The fourth-order valence-corrected chi connectivity index (χ4v) is 6.32. The fourth-order valence-electron chi connectivity index (χ4n) is 5.40. The first-order valence-corrected chi connectivity index (χ1v) is 14.0. The van der Waals surface area contributed by atoms with Gasteiger partial charge in [-0.25, -0.2) is 0 Å². The molecule has 2 fully saturated rings. The minimum atomic E-state index is 0.764. The molecule has 2 aliphatic rings. The molecule has 3 heterocycles. The summed E-state index contributed by atoms with van der Waals surface area (Å²) in [7, 11) is 3.37. The molecule has 0 bridgehead atoms. The van der Waals surface area contributed by atoms with E-state index >= 15 is 0 Å². The molecule has 36 heavy (non-hydrogen) atoms. The molecule has 3 aromatic rings. The van der Waals surface area contributed by atoms with Crippen LogP contribution in [0.5, 0.6) is 11.5 Å². The van der Waals surface area contributed by atoms with Gasteiger partial charge in [0, 0.05) is 56.7 Å². The topological polar surface area (TPSA) is 67.7 Å². The Kier molecular flexibility index (Phi) is 8.40. The van der Waals surface area contributed by atoms with Gasteiger partial charge in [0.15, 0.2) is 0 Å². The van der Waals surface area contributed by atoms with Crippen LogP contribution in [0.15, 0.2) is 36.5 Å². The van der Waals surface area contributed by atoms with Gasteiger partial charge in [-0.3, -0.25) is 9.47 Å². The molecule has 194 valence electrons. The molecule has 1 saturated carbocycles. The molecule has 1 saturated heterocycles. The molecule has 1 aliphatic heterocycles. The molecule has 8 nitrogen and oxygen atoms in total. The van der Waals surface area contributed by atoms with E-state index in [1.165, 1.54) is 43.4 Å². The number of rotatable bonds is 10. The summed E-state index contributed by atoms with van der Waals surface area (Å²) >= 11 is 1.68. The quantitative estimate of drug-likeness (QED) is 0.411. The zero-order valence-corrected chi connectivity index (χ0v) is 22.3. The third-order valence-corrected chi connectivity index (χ3v) is 8.47. The van der Waals surface area contributed by atoms with Gasteiger partial charge in [0.05, 0.1) is 14.2 Å². The van der Waals surface area contributed by atoms with E-state index in [9.17, 15) is 0 Å². The standard InChI is InChI=1S/C27H38N6O2S/c1-34-24-11-10-21(25(19-24)35-2)12-13-28-20-23-9-6-14-33(23)27-30-29-26(36-27)32-17-15-31(16-18-32)22-7-4-3-5-8-22/h6,9-11,14,19,22,28H,3-5,7-8,12-13,15-18,20H2,1-2H3. The molecule has 0 radical (unpaired) electrons. The van der Waals surface area contributed by atoms with E-state index in [2.05, 4.69) is 54.3 Å². The Morgan fingerprint density at radius 1 is 0.972 bits per heavy atom. The minimum absolute atomic E-state index is 0.764. The number of hydrogen-bond acceptors (Lipinski definition) is 8. The van der Waals surface area contributed by atoms with Crippen LogP contribution in [0.1, 0.15) is 43.4 Å². The number of aromatic nitrogens is 3. The third-order valence-electron chi connectivity index (χ3n) is 7.49. The monoisotopic (exact) mass is 510 g/mol. The maximum Gasteiger partial charge on any atom is 0.218 e. The van der Waals surface area contributed by atoms with E-state index in [0.717, 1.165) is 73.5 Å². The van der Waals surface area contributed by atoms with E-state index in [1.807, 2.05) is 12.1 Å². The average molecular weight is 511 g/mol. The van der Waals surface area contributed by atoms with Crippen LogP contribution < -0.4 is 19.7 Å². The van der Waals surface area contributed by atoms with Gasteiger partial charge in [-0.15, -0.1) is 10.2 Å². The molecule has 1 N–H and O–H groups in total. The predicted molar refractivity (Wildman–Crippen MR) is 145 cm³/mol. The minimum Gasteiger partial charge on any atom is -0.497 e. The first kappa shape index (κ1) is 25.0. The van der Waals surface area contributed by atoms with E-state index in [-0.39, 0.29) is 0 Å². The molecule has 9 heteroatoms. The van der Waals surface area contributed by atoms with Crippen LogP contribution in [-0.2, 0) is 13.0 Å². The van der Waals surface area contributed by atoms with Crippen LogP contribution in [0, 0.1) is 0 Å². The van der Waals surface area contributed by atoms with Crippen molar-refractivity contribution >= 4 is 16.5 Å². The number of nitrogens with one attached hydrogen (secondary N) is 1. The number of piperazine rings is 1. The van der Waals surface area contributed by atoms with Crippen molar-refractivity contribution in [2.24, 2.45) is 0 Å². The molecule has 0 unspecified atom stereocenters. The average Bonchev–Trinajstić information content (AvgIpc) is 3.61. The second-order valence-electron chi connectivity index (χ2n) is 9.66. The van der Waals surface area contributed by atoms with Gasteiger partial charge in [0.1, 0.15) is 11.5 Å². The van der Waals surface area contributed by atoms with Crippen molar-refractivity contribution < 1.29 is 9.47 Å². The van der Waals surface area contributed by atoms with Crippen LogP contribution in [0.25, 0.3) is 5.13 Å². The lowest BCUT2D eigenvalue weighted by molar-refractivity contribution is 0.148. The zero-order valence-electron chi connectivity index (χ0n) is 21.5. The summed E-state index contributed by atoms with van der Waals surface area (Å²) in [4.78, 5) is 5.11. The SMILES string of the molecule is COc1ccc(CCNCc2cccn2-c2nnc(N3CCN(C4CCCCC4)CC3)s2)c(OC)c1. The highest BCUT2D eigenvalue weighted by atomic mass is 32.1. The largest absolute Gasteiger partial charge is 0.497 e. The van der Waals surface area contributed by atoms with Crippen LogP contribution in [0.4, 0.5) is 5.13 Å². The van der Waals surface area contributed by atoms with Crippen LogP contribution in [0.3, 0.4) is 0 Å². The molecule has 2 aromatic heterocycles. The van der Waals surface area contributed by atoms with Crippen LogP contribution >= 0.6 is 11.3 Å². The van der Waals surface area contributed by atoms with Crippen molar-refractivity contribution in [3.05, 3.63) is 47.8 Å². The molecule has 0 amide bonds. The Labute approximate surface area is 218 Å². The van der Waals surface area contributed by atoms with Gasteiger partial charge in [-0.05, 0) is 49.6 Å². The molecule has 1 aromatic carbocycles. The van der Waals surface area contributed by atoms with Crippen LogP contribution in [-0.4, -0.2) is 72.6 Å². The van der Waals surface area contributed by atoms with Gasteiger partial charge < -0.3 is 19.7 Å². The lowest BCUT2D eigenvalue weighted by Gasteiger charge is -2.40. The maximum atomic E-state index is 5.52. The number of ether oxygens (including phenoxy) is 2. The number of methoxy groups -OCH3 is 2. The predicted octanol–water partition coefficient (Wildman–Crippen LogP) is 4.13. The van der Waals surface area contributed by atoms with Gasteiger partial charge in [-0.1, -0.05) is 36.7 Å². The zero-order chi connectivity index (χ0) is 24.7. The highest BCUT2D eigenvalue weighted by Crippen LogP contribution is 2.28. The summed E-state index contributed by atoms with van der Waals surface area (Å²) in [6.45, 7) is 5.97. The summed E-state index contributed by atoms with van der Waals surface area (Å²) in [5.74, 6) is 1.67. The van der Waals surface area contributed by atoms with Crippen LogP contribution in [0.2, 0.25) is 0 Å². The second kappa shape index (κ2) is 12.1. The molecule has 0 atom stereocenters. The van der Waals surface area contributed by atoms with Crippen molar-refractivity contribution in [2.75, 3.05) is 51.8 Å². The van der Waals surface area contributed by atoms with Gasteiger partial charge >= 0.3 is 0 Å². The Morgan fingerprint density at radius 2 is 1.78 bits per heavy atom. The van der Waals surface area contributed by atoms with E-state index in [4.69, 9.17) is 9.47 Å². The highest BCUT2D eigenvalue weighted by molar-refractivity contribution is 7.17. The molecular formula is C27H38N6O2S. The lowest BCUT2D eigenvalue weighted by Crippen LogP contribution is -2.50. The number of nitrogens with zero attached hydrogens (tertiary/aromatic N) is 5. The number of benzene rings is 1. The summed E-state index contributed by atoms with van der Waals surface area (Å²) < 4.78 is 13.0. The highest BCUT2D eigenvalue weighted by Gasteiger charge is 2.26. The molecule has 5 rings (SSSR count). The maximum absolute atomic E-state index is 5.52. The molecule has 0 spiro atoms. The first-order chi connectivity index (χ1) is 17.7. The van der Waals surface area contributed by atoms with Gasteiger partial charge in [0.2, 0.25) is 10.3 Å². The Morgan fingerprint density at radius 3 is 2.56 bits per heavy atom. The molecule has 1 aliphatic carbocycles. The van der Waals surface area contributed by atoms with E-state index < -0.39 is 0 Å². The first-order valence-electron chi connectivity index (χ1n) is 13.2. The van der Waals surface area contributed by atoms with Crippen molar-refractivity contribution in [3.8, 4) is 16.6 Å². The summed E-state index contributed by atoms with van der Waals surface area (Å²) in [6.07, 6.45) is 9.92. The van der Waals surface area contributed by atoms with Crippen molar-refractivity contribution in [1.29, 1.82) is 0 Å². The summed E-state index contributed by atoms with van der Waals surface area (Å²) in [5.41, 5.74) is 2.35.